The highest BCUT2D eigenvalue weighted by atomic mass is 16.5. The predicted octanol–water partition coefficient (Wildman–Crippen LogP) is 3.12. The maximum absolute atomic E-state index is 12.2. The first-order valence-corrected chi connectivity index (χ1v) is 7.27. The number of nitrogens with one attached hydrogen (secondary N) is 2. The van der Waals surface area contributed by atoms with E-state index in [2.05, 4.69) is 20.3 Å². The Morgan fingerprint density at radius 3 is 2.21 bits per heavy atom. The highest BCUT2D eigenvalue weighted by Gasteiger charge is 2.09. The zero-order valence-electron chi connectivity index (χ0n) is 12.9. The third kappa shape index (κ3) is 3.33. The summed E-state index contributed by atoms with van der Waals surface area (Å²) in [5.41, 5.74) is 3.43. The van der Waals surface area contributed by atoms with Crippen LogP contribution in [0.3, 0.4) is 0 Å². The minimum atomic E-state index is -0.434. The summed E-state index contributed by atoms with van der Waals surface area (Å²) in [5.74, 6) is -0.683. The van der Waals surface area contributed by atoms with E-state index in [1.54, 1.807) is 30.5 Å². The predicted molar refractivity (Wildman–Crippen MR) is 89.8 cm³/mol. The van der Waals surface area contributed by atoms with E-state index in [0.29, 0.717) is 16.8 Å². The topological polar surface area (TPSA) is 84.1 Å². The molecule has 0 radical (unpaired) electrons. The summed E-state index contributed by atoms with van der Waals surface area (Å²) in [6.07, 6.45) is 1.68. The van der Waals surface area contributed by atoms with Gasteiger partial charge >= 0.3 is 5.97 Å². The molecule has 2 N–H and O–H groups in total. The lowest BCUT2D eigenvalue weighted by atomic mass is 10.1. The zero-order chi connectivity index (χ0) is 16.9. The standard InChI is InChI=1S/C18H15N3O3/c1-24-18(23)14-4-2-13(3-5-14)17(22)20-15-8-6-12(7-9-15)16-10-11-19-21-16/h2-11H,1H3,(H,19,21)(H,20,22). The van der Waals surface area contributed by atoms with Crippen LogP contribution in [0.1, 0.15) is 20.7 Å². The molecule has 1 amide bonds. The van der Waals surface area contributed by atoms with Gasteiger partial charge in [-0.15, -0.1) is 0 Å². The van der Waals surface area contributed by atoms with E-state index in [9.17, 15) is 9.59 Å². The van der Waals surface area contributed by atoms with Gasteiger partial charge in [-0.3, -0.25) is 9.89 Å². The molecule has 24 heavy (non-hydrogen) atoms. The molecule has 3 aromatic rings. The smallest absolute Gasteiger partial charge is 0.337 e. The molecule has 6 nitrogen and oxygen atoms in total. The van der Waals surface area contributed by atoms with Crippen LogP contribution in [0.4, 0.5) is 5.69 Å². The van der Waals surface area contributed by atoms with Gasteiger partial charge in [-0.05, 0) is 48.0 Å². The van der Waals surface area contributed by atoms with Gasteiger partial charge in [-0.2, -0.15) is 5.10 Å². The number of anilines is 1. The van der Waals surface area contributed by atoms with Crippen LogP contribution in [-0.4, -0.2) is 29.2 Å². The Balaban J connectivity index is 1.69. The van der Waals surface area contributed by atoms with Crippen LogP contribution in [0.5, 0.6) is 0 Å². The van der Waals surface area contributed by atoms with Gasteiger partial charge < -0.3 is 10.1 Å². The first-order valence-electron chi connectivity index (χ1n) is 7.27. The summed E-state index contributed by atoms with van der Waals surface area (Å²) in [5, 5.41) is 9.60. The summed E-state index contributed by atoms with van der Waals surface area (Å²) in [6.45, 7) is 0. The second-order valence-electron chi connectivity index (χ2n) is 5.07. The summed E-state index contributed by atoms with van der Waals surface area (Å²) >= 11 is 0. The number of H-pyrrole nitrogens is 1. The normalized spacial score (nSPS) is 10.2. The molecular formula is C18H15N3O3. The van der Waals surface area contributed by atoms with Crippen molar-refractivity contribution in [1.29, 1.82) is 0 Å². The van der Waals surface area contributed by atoms with E-state index in [1.807, 2.05) is 30.3 Å². The number of nitrogens with zero attached hydrogens (tertiary/aromatic N) is 1. The van der Waals surface area contributed by atoms with Crippen molar-refractivity contribution in [2.45, 2.75) is 0 Å². The van der Waals surface area contributed by atoms with Crippen LogP contribution in [0.2, 0.25) is 0 Å². The lowest BCUT2D eigenvalue weighted by molar-refractivity contribution is 0.0600. The quantitative estimate of drug-likeness (QED) is 0.723. The fourth-order valence-electron chi connectivity index (χ4n) is 2.23. The molecule has 0 aliphatic carbocycles. The Hall–Kier alpha value is -3.41. The Bertz CT molecular complexity index is 838. The van der Waals surface area contributed by atoms with Gasteiger partial charge in [0.15, 0.2) is 0 Å². The summed E-state index contributed by atoms with van der Waals surface area (Å²) in [4.78, 5) is 23.6. The van der Waals surface area contributed by atoms with Crippen LogP contribution in [-0.2, 0) is 4.74 Å². The van der Waals surface area contributed by atoms with Crippen molar-refractivity contribution in [3.05, 3.63) is 71.9 Å². The second kappa shape index (κ2) is 6.78. The number of methoxy groups -OCH3 is 1. The van der Waals surface area contributed by atoms with Crippen molar-refractivity contribution in [3.8, 4) is 11.3 Å². The SMILES string of the molecule is COC(=O)c1ccc(C(=O)Nc2ccc(-c3ccn[nH]3)cc2)cc1. The fraction of sp³-hybridized carbons (Fsp3) is 0.0556. The Kier molecular flexibility index (Phi) is 4.38. The van der Waals surface area contributed by atoms with Gasteiger partial charge in [-0.25, -0.2) is 4.79 Å². The Morgan fingerprint density at radius 1 is 0.958 bits per heavy atom. The molecule has 0 saturated heterocycles. The number of carbonyl (C=O) groups excluding carboxylic acids is 2. The molecule has 1 aromatic heterocycles. The highest BCUT2D eigenvalue weighted by molar-refractivity contribution is 6.04. The number of esters is 1. The van der Waals surface area contributed by atoms with Crippen molar-refractivity contribution in [1.82, 2.24) is 10.2 Å². The van der Waals surface area contributed by atoms with Gasteiger partial charge in [0, 0.05) is 17.4 Å². The lowest BCUT2D eigenvalue weighted by Gasteiger charge is -2.07. The van der Waals surface area contributed by atoms with Crippen LogP contribution < -0.4 is 5.32 Å². The van der Waals surface area contributed by atoms with Crippen molar-refractivity contribution >= 4 is 17.6 Å². The van der Waals surface area contributed by atoms with Crippen LogP contribution in [0.15, 0.2) is 60.8 Å². The van der Waals surface area contributed by atoms with Gasteiger partial charge in [0.2, 0.25) is 0 Å². The Labute approximate surface area is 138 Å². The second-order valence-corrected chi connectivity index (χ2v) is 5.07. The monoisotopic (exact) mass is 321 g/mol. The molecule has 0 bridgehead atoms. The van der Waals surface area contributed by atoms with E-state index in [-0.39, 0.29) is 5.91 Å². The van der Waals surface area contributed by atoms with Crippen LogP contribution in [0.25, 0.3) is 11.3 Å². The molecule has 0 spiro atoms. The zero-order valence-corrected chi connectivity index (χ0v) is 12.9. The summed E-state index contributed by atoms with van der Waals surface area (Å²) in [7, 11) is 1.32. The van der Waals surface area contributed by atoms with E-state index in [4.69, 9.17) is 0 Å². The van der Waals surface area contributed by atoms with E-state index < -0.39 is 5.97 Å². The first-order chi connectivity index (χ1) is 11.7. The maximum Gasteiger partial charge on any atom is 0.337 e. The largest absolute Gasteiger partial charge is 0.465 e. The van der Waals surface area contributed by atoms with Gasteiger partial charge in [-0.1, -0.05) is 12.1 Å². The number of aromatic nitrogens is 2. The van der Waals surface area contributed by atoms with Gasteiger partial charge in [0.1, 0.15) is 0 Å². The molecule has 120 valence electrons. The van der Waals surface area contributed by atoms with Gasteiger partial charge in [0.25, 0.3) is 5.91 Å². The molecule has 3 rings (SSSR count). The molecule has 2 aromatic carbocycles. The summed E-state index contributed by atoms with van der Waals surface area (Å²) < 4.78 is 4.63. The molecule has 0 fully saturated rings. The fourth-order valence-corrected chi connectivity index (χ4v) is 2.23. The number of carbonyl (C=O) groups is 2. The maximum atomic E-state index is 12.2. The number of aromatic amines is 1. The van der Waals surface area contributed by atoms with Crippen LogP contribution >= 0.6 is 0 Å². The average molecular weight is 321 g/mol. The van der Waals surface area contributed by atoms with E-state index in [1.165, 1.54) is 7.11 Å². The number of ether oxygens (including phenoxy) is 1. The van der Waals surface area contributed by atoms with Crippen LogP contribution in [0, 0.1) is 0 Å². The molecule has 0 unspecified atom stereocenters. The molecule has 6 heteroatoms. The van der Waals surface area contributed by atoms with Crippen molar-refractivity contribution in [2.75, 3.05) is 12.4 Å². The molecule has 0 saturated carbocycles. The van der Waals surface area contributed by atoms with E-state index in [0.717, 1.165) is 11.3 Å². The van der Waals surface area contributed by atoms with Gasteiger partial charge in [0.05, 0.1) is 18.4 Å². The molecule has 0 aliphatic heterocycles. The van der Waals surface area contributed by atoms with Crippen molar-refractivity contribution in [3.63, 3.8) is 0 Å². The highest BCUT2D eigenvalue weighted by Crippen LogP contribution is 2.19. The molecule has 1 heterocycles. The average Bonchev–Trinajstić information content (AvgIpc) is 3.16. The minimum absolute atomic E-state index is 0.249. The third-order valence-corrected chi connectivity index (χ3v) is 3.52. The lowest BCUT2D eigenvalue weighted by Crippen LogP contribution is -2.12. The number of benzene rings is 2. The molecular weight excluding hydrogens is 306 g/mol. The molecule has 0 atom stereocenters. The Morgan fingerprint density at radius 2 is 1.62 bits per heavy atom. The number of rotatable bonds is 4. The summed E-state index contributed by atoms with van der Waals surface area (Å²) in [6, 6.07) is 15.6. The number of hydrogen-bond acceptors (Lipinski definition) is 4. The third-order valence-electron chi connectivity index (χ3n) is 3.52. The first kappa shape index (κ1) is 15.5. The van der Waals surface area contributed by atoms with Crippen molar-refractivity contribution in [2.24, 2.45) is 0 Å². The minimum Gasteiger partial charge on any atom is -0.465 e. The number of hydrogen-bond donors (Lipinski definition) is 2. The molecule has 0 aliphatic rings. The van der Waals surface area contributed by atoms with Crippen molar-refractivity contribution < 1.29 is 14.3 Å². The van der Waals surface area contributed by atoms with E-state index >= 15 is 0 Å². The number of amides is 1.